The van der Waals surface area contributed by atoms with Gasteiger partial charge in [-0.05, 0) is 19.3 Å². The van der Waals surface area contributed by atoms with Crippen molar-refractivity contribution in [1.29, 1.82) is 0 Å². The lowest BCUT2D eigenvalue weighted by Gasteiger charge is -2.32. The summed E-state index contributed by atoms with van der Waals surface area (Å²) < 4.78 is 5.67. The van der Waals surface area contributed by atoms with E-state index in [2.05, 4.69) is 6.92 Å². The molecule has 1 rings (SSSR count). The van der Waals surface area contributed by atoms with Crippen LogP contribution in [0.5, 0.6) is 0 Å². The molecule has 0 heterocycles. The second-order valence-corrected chi connectivity index (χ2v) is 4.49. The van der Waals surface area contributed by atoms with Crippen LogP contribution in [0.15, 0.2) is 0 Å². The topological polar surface area (TPSA) is 35.2 Å². The summed E-state index contributed by atoms with van der Waals surface area (Å²) >= 11 is 0. The summed E-state index contributed by atoms with van der Waals surface area (Å²) in [6.07, 6.45) is 10.7. The van der Waals surface area contributed by atoms with E-state index in [4.69, 9.17) is 10.5 Å². The summed E-state index contributed by atoms with van der Waals surface area (Å²) in [6.45, 7) is 3.20. The van der Waals surface area contributed by atoms with E-state index in [9.17, 15) is 0 Å². The van der Waals surface area contributed by atoms with Gasteiger partial charge in [0.25, 0.3) is 0 Å². The van der Waals surface area contributed by atoms with Crippen molar-refractivity contribution < 1.29 is 4.74 Å². The molecule has 1 aliphatic carbocycles. The number of nitrogens with two attached hydrogens (primary N) is 1. The number of hydrogen-bond acceptors (Lipinski definition) is 2. The SMILES string of the molecule is CCCCCCCCOC1CC(N)C1. The van der Waals surface area contributed by atoms with E-state index < -0.39 is 0 Å². The first-order valence-electron chi connectivity index (χ1n) is 6.20. The van der Waals surface area contributed by atoms with Gasteiger partial charge in [0.15, 0.2) is 0 Å². The molecule has 0 spiro atoms. The van der Waals surface area contributed by atoms with Crippen LogP contribution < -0.4 is 5.73 Å². The molecule has 0 unspecified atom stereocenters. The van der Waals surface area contributed by atoms with Crippen LogP contribution in [0.1, 0.15) is 58.3 Å². The molecule has 0 aliphatic heterocycles. The minimum atomic E-state index is 0.421. The highest BCUT2D eigenvalue weighted by molar-refractivity contribution is 4.82. The molecule has 0 atom stereocenters. The largest absolute Gasteiger partial charge is 0.378 e. The minimum Gasteiger partial charge on any atom is -0.378 e. The maximum Gasteiger partial charge on any atom is 0.0604 e. The zero-order chi connectivity index (χ0) is 10.2. The lowest BCUT2D eigenvalue weighted by Crippen LogP contribution is -2.41. The van der Waals surface area contributed by atoms with Crippen LogP contribution in [0.3, 0.4) is 0 Å². The summed E-state index contributed by atoms with van der Waals surface area (Å²) in [5.74, 6) is 0. The molecule has 0 aromatic heterocycles. The van der Waals surface area contributed by atoms with Gasteiger partial charge in [-0.15, -0.1) is 0 Å². The highest BCUT2D eigenvalue weighted by Crippen LogP contribution is 2.21. The summed E-state index contributed by atoms with van der Waals surface area (Å²) in [5.41, 5.74) is 5.67. The molecular formula is C12H25NO. The van der Waals surface area contributed by atoms with Crippen molar-refractivity contribution in [2.45, 2.75) is 70.4 Å². The van der Waals surface area contributed by atoms with Crippen molar-refractivity contribution in [1.82, 2.24) is 0 Å². The molecule has 0 amide bonds. The van der Waals surface area contributed by atoms with Crippen LogP contribution in [-0.2, 0) is 4.74 Å². The molecule has 2 heteroatoms. The molecule has 2 N–H and O–H groups in total. The van der Waals surface area contributed by atoms with Crippen LogP contribution in [-0.4, -0.2) is 18.8 Å². The van der Waals surface area contributed by atoms with Gasteiger partial charge in [-0.2, -0.15) is 0 Å². The fourth-order valence-corrected chi connectivity index (χ4v) is 1.87. The summed E-state index contributed by atoms with van der Waals surface area (Å²) in [4.78, 5) is 0. The molecule has 1 aliphatic rings. The molecular weight excluding hydrogens is 174 g/mol. The minimum absolute atomic E-state index is 0.421. The normalized spacial score (nSPS) is 26.1. The van der Waals surface area contributed by atoms with Gasteiger partial charge in [0.05, 0.1) is 6.10 Å². The first-order chi connectivity index (χ1) is 6.83. The van der Waals surface area contributed by atoms with Gasteiger partial charge in [0.2, 0.25) is 0 Å². The molecule has 0 aromatic carbocycles. The molecule has 0 saturated heterocycles. The number of unbranched alkanes of at least 4 members (excludes halogenated alkanes) is 5. The molecule has 84 valence electrons. The fourth-order valence-electron chi connectivity index (χ4n) is 1.87. The maximum absolute atomic E-state index is 5.67. The lowest BCUT2D eigenvalue weighted by atomic mass is 9.90. The first kappa shape index (κ1) is 12.0. The first-order valence-corrected chi connectivity index (χ1v) is 6.20. The van der Waals surface area contributed by atoms with Crippen LogP contribution in [0, 0.1) is 0 Å². The molecule has 0 radical (unpaired) electrons. The Labute approximate surface area is 88.2 Å². The Balaban J connectivity index is 1.72. The highest BCUT2D eigenvalue weighted by Gasteiger charge is 2.25. The average molecular weight is 199 g/mol. The van der Waals surface area contributed by atoms with Crippen LogP contribution >= 0.6 is 0 Å². The van der Waals surface area contributed by atoms with Gasteiger partial charge in [0, 0.05) is 12.6 Å². The van der Waals surface area contributed by atoms with E-state index in [1.807, 2.05) is 0 Å². The standard InChI is InChI=1S/C12H25NO/c1-2-3-4-5-6-7-8-14-12-9-11(13)10-12/h11-12H,2-10,13H2,1H3. The van der Waals surface area contributed by atoms with Crippen LogP contribution in [0.4, 0.5) is 0 Å². The van der Waals surface area contributed by atoms with Crippen LogP contribution in [0.25, 0.3) is 0 Å². The van der Waals surface area contributed by atoms with Gasteiger partial charge in [-0.3, -0.25) is 0 Å². The quantitative estimate of drug-likeness (QED) is 0.610. The molecule has 1 fully saturated rings. The predicted octanol–water partition coefficient (Wildman–Crippen LogP) is 2.85. The second-order valence-electron chi connectivity index (χ2n) is 4.49. The Hall–Kier alpha value is -0.0800. The maximum atomic E-state index is 5.67. The molecule has 1 saturated carbocycles. The molecule has 2 nitrogen and oxygen atoms in total. The van der Waals surface area contributed by atoms with E-state index in [0.29, 0.717) is 12.1 Å². The fraction of sp³-hybridized carbons (Fsp3) is 1.00. The van der Waals surface area contributed by atoms with Crippen molar-refractivity contribution >= 4 is 0 Å². The molecule has 0 aromatic rings. The van der Waals surface area contributed by atoms with Crippen LogP contribution in [0.2, 0.25) is 0 Å². The smallest absolute Gasteiger partial charge is 0.0604 e. The number of rotatable bonds is 8. The zero-order valence-corrected chi connectivity index (χ0v) is 9.50. The Morgan fingerprint density at radius 2 is 1.71 bits per heavy atom. The van der Waals surface area contributed by atoms with Crippen molar-refractivity contribution in [2.75, 3.05) is 6.61 Å². The number of hydrogen-bond donors (Lipinski definition) is 1. The Bertz CT molecular complexity index is 132. The van der Waals surface area contributed by atoms with Gasteiger partial charge in [-0.25, -0.2) is 0 Å². The van der Waals surface area contributed by atoms with Crippen molar-refractivity contribution in [2.24, 2.45) is 5.73 Å². The van der Waals surface area contributed by atoms with E-state index in [-0.39, 0.29) is 0 Å². The third-order valence-corrected chi connectivity index (χ3v) is 2.98. The third kappa shape index (κ3) is 4.97. The summed E-state index contributed by atoms with van der Waals surface area (Å²) in [7, 11) is 0. The van der Waals surface area contributed by atoms with Crippen molar-refractivity contribution in [3.63, 3.8) is 0 Å². The third-order valence-electron chi connectivity index (χ3n) is 2.98. The molecule has 0 bridgehead atoms. The second kappa shape index (κ2) is 7.24. The number of ether oxygens (including phenoxy) is 1. The zero-order valence-electron chi connectivity index (χ0n) is 9.50. The van der Waals surface area contributed by atoms with E-state index >= 15 is 0 Å². The Morgan fingerprint density at radius 1 is 1.07 bits per heavy atom. The van der Waals surface area contributed by atoms with Crippen molar-refractivity contribution in [3.05, 3.63) is 0 Å². The lowest BCUT2D eigenvalue weighted by molar-refractivity contribution is -0.00985. The highest BCUT2D eigenvalue weighted by atomic mass is 16.5. The van der Waals surface area contributed by atoms with E-state index in [1.54, 1.807) is 0 Å². The van der Waals surface area contributed by atoms with Gasteiger partial charge < -0.3 is 10.5 Å². The van der Waals surface area contributed by atoms with Gasteiger partial charge in [-0.1, -0.05) is 39.0 Å². The van der Waals surface area contributed by atoms with Crippen molar-refractivity contribution in [3.8, 4) is 0 Å². The Morgan fingerprint density at radius 3 is 2.36 bits per heavy atom. The van der Waals surface area contributed by atoms with E-state index in [0.717, 1.165) is 19.4 Å². The Kier molecular flexibility index (Phi) is 6.20. The van der Waals surface area contributed by atoms with E-state index in [1.165, 1.54) is 38.5 Å². The monoisotopic (exact) mass is 199 g/mol. The van der Waals surface area contributed by atoms with Gasteiger partial charge in [0.1, 0.15) is 0 Å². The summed E-state index contributed by atoms with van der Waals surface area (Å²) in [5, 5.41) is 0. The average Bonchev–Trinajstić information content (AvgIpc) is 2.13. The summed E-state index contributed by atoms with van der Waals surface area (Å²) in [6, 6.07) is 0.421. The van der Waals surface area contributed by atoms with Gasteiger partial charge >= 0.3 is 0 Å². The predicted molar refractivity (Wildman–Crippen MR) is 60.3 cm³/mol. The molecule has 14 heavy (non-hydrogen) atoms.